The van der Waals surface area contributed by atoms with Crippen molar-refractivity contribution < 1.29 is 4.79 Å². The van der Waals surface area contributed by atoms with Gasteiger partial charge in [0, 0.05) is 19.1 Å². The Morgan fingerprint density at radius 3 is 2.65 bits per heavy atom. The second-order valence-corrected chi connectivity index (χ2v) is 6.60. The monoisotopic (exact) mass is 314 g/mol. The molecule has 2 heterocycles. The molecule has 1 N–H and O–H groups in total. The van der Waals surface area contributed by atoms with Crippen molar-refractivity contribution in [1.29, 1.82) is 0 Å². The minimum absolute atomic E-state index is 0. The van der Waals surface area contributed by atoms with Crippen molar-refractivity contribution in [3.63, 3.8) is 0 Å². The van der Waals surface area contributed by atoms with Gasteiger partial charge in [-0.1, -0.05) is 0 Å². The Labute approximate surface area is 131 Å². The van der Waals surface area contributed by atoms with E-state index in [9.17, 15) is 4.79 Å². The van der Waals surface area contributed by atoms with E-state index in [1.54, 1.807) is 11.3 Å². The summed E-state index contributed by atoms with van der Waals surface area (Å²) in [5, 5.41) is 7.76. The van der Waals surface area contributed by atoms with Crippen LogP contribution in [0.2, 0.25) is 0 Å². The van der Waals surface area contributed by atoms with Gasteiger partial charge >= 0.3 is 0 Å². The summed E-state index contributed by atoms with van der Waals surface area (Å²) in [7, 11) is 0. The molecule has 2 fully saturated rings. The molecule has 2 aliphatic rings. The topological polar surface area (TPSA) is 32.3 Å². The van der Waals surface area contributed by atoms with Crippen molar-refractivity contribution in [2.75, 3.05) is 19.6 Å². The standard InChI is InChI=1S/C15H22N2OS.ClH/c18-15(9-13-5-8-19-11-13)17-6-3-14(4-7-17)16-10-12-1-2-12;/h5,8,11-12,14,16H,1-4,6-7,9-10H2;1H. The third-order valence-corrected chi connectivity index (χ3v) is 4.91. The van der Waals surface area contributed by atoms with Crippen molar-refractivity contribution in [2.24, 2.45) is 5.92 Å². The third-order valence-electron chi connectivity index (χ3n) is 4.18. The number of likely N-dealkylation sites (tertiary alicyclic amines) is 1. The molecule has 3 rings (SSSR count). The summed E-state index contributed by atoms with van der Waals surface area (Å²) in [4.78, 5) is 14.2. The lowest BCUT2D eigenvalue weighted by Crippen LogP contribution is -2.45. The maximum atomic E-state index is 12.2. The molecule has 5 heteroatoms. The fourth-order valence-corrected chi connectivity index (χ4v) is 3.34. The van der Waals surface area contributed by atoms with E-state index in [1.165, 1.54) is 19.4 Å². The molecule has 0 bridgehead atoms. The zero-order valence-corrected chi connectivity index (χ0v) is 13.3. The van der Waals surface area contributed by atoms with Gasteiger partial charge in [0.15, 0.2) is 0 Å². The number of halogens is 1. The smallest absolute Gasteiger partial charge is 0.227 e. The van der Waals surface area contributed by atoms with Crippen LogP contribution in [0.15, 0.2) is 16.8 Å². The predicted molar refractivity (Wildman–Crippen MR) is 85.6 cm³/mol. The van der Waals surface area contributed by atoms with Crippen LogP contribution in [-0.2, 0) is 11.2 Å². The fourth-order valence-electron chi connectivity index (χ4n) is 2.67. The summed E-state index contributed by atoms with van der Waals surface area (Å²) in [6.07, 6.45) is 5.61. The molecule has 1 saturated heterocycles. The molecule has 0 unspecified atom stereocenters. The van der Waals surface area contributed by atoms with E-state index in [0.29, 0.717) is 18.4 Å². The molecule has 0 radical (unpaired) electrons. The van der Waals surface area contributed by atoms with Crippen LogP contribution in [-0.4, -0.2) is 36.5 Å². The van der Waals surface area contributed by atoms with E-state index in [0.717, 1.165) is 37.4 Å². The van der Waals surface area contributed by atoms with Gasteiger partial charge in [0.1, 0.15) is 0 Å². The van der Waals surface area contributed by atoms with Crippen LogP contribution in [0.25, 0.3) is 0 Å². The molecule has 0 aromatic carbocycles. The molecule has 0 spiro atoms. The predicted octanol–water partition coefficient (Wildman–Crippen LogP) is 2.70. The van der Waals surface area contributed by atoms with Crippen LogP contribution in [0, 0.1) is 5.92 Å². The highest BCUT2D eigenvalue weighted by molar-refractivity contribution is 7.07. The van der Waals surface area contributed by atoms with Crippen LogP contribution in [0.5, 0.6) is 0 Å². The summed E-state index contributed by atoms with van der Waals surface area (Å²) in [6, 6.07) is 2.68. The van der Waals surface area contributed by atoms with Gasteiger partial charge in [-0.2, -0.15) is 11.3 Å². The normalized spacial score (nSPS) is 19.7. The summed E-state index contributed by atoms with van der Waals surface area (Å²) >= 11 is 1.66. The Hall–Kier alpha value is -0.580. The second kappa shape index (κ2) is 7.43. The molecule has 1 aromatic rings. The molecule has 20 heavy (non-hydrogen) atoms. The van der Waals surface area contributed by atoms with E-state index in [-0.39, 0.29) is 12.4 Å². The summed E-state index contributed by atoms with van der Waals surface area (Å²) in [5.74, 6) is 1.23. The van der Waals surface area contributed by atoms with Crippen LogP contribution >= 0.6 is 23.7 Å². The highest BCUT2D eigenvalue weighted by Crippen LogP contribution is 2.28. The second-order valence-electron chi connectivity index (χ2n) is 5.82. The highest BCUT2D eigenvalue weighted by atomic mass is 35.5. The largest absolute Gasteiger partial charge is 0.342 e. The lowest BCUT2D eigenvalue weighted by molar-refractivity contribution is -0.131. The van der Waals surface area contributed by atoms with Gasteiger partial charge < -0.3 is 10.2 Å². The van der Waals surface area contributed by atoms with E-state index in [1.807, 2.05) is 16.3 Å². The van der Waals surface area contributed by atoms with E-state index in [4.69, 9.17) is 0 Å². The van der Waals surface area contributed by atoms with Crippen molar-refractivity contribution in [2.45, 2.75) is 38.1 Å². The number of nitrogens with one attached hydrogen (secondary N) is 1. The van der Waals surface area contributed by atoms with E-state index in [2.05, 4.69) is 10.7 Å². The van der Waals surface area contributed by atoms with Gasteiger partial charge in [-0.05, 0) is 60.5 Å². The Morgan fingerprint density at radius 1 is 1.30 bits per heavy atom. The molecule has 0 atom stereocenters. The molecular formula is C15H23ClN2OS. The van der Waals surface area contributed by atoms with Gasteiger partial charge in [-0.15, -0.1) is 12.4 Å². The number of thiophene rings is 1. The van der Waals surface area contributed by atoms with Gasteiger partial charge in [0.25, 0.3) is 0 Å². The molecule has 1 aromatic heterocycles. The first-order valence-electron chi connectivity index (χ1n) is 7.33. The van der Waals surface area contributed by atoms with Crippen LogP contribution in [0.4, 0.5) is 0 Å². The quantitative estimate of drug-likeness (QED) is 0.906. The van der Waals surface area contributed by atoms with Gasteiger partial charge in [-0.3, -0.25) is 4.79 Å². The van der Waals surface area contributed by atoms with E-state index >= 15 is 0 Å². The van der Waals surface area contributed by atoms with E-state index < -0.39 is 0 Å². The number of hydrogen-bond donors (Lipinski definition) is 1. The fraction of sp³-hybridized carbons (Fsp3) is 0.667. The molecule has 112 valence electrons. The molecule has 1 aliphatic carbocycles. The molecule has 1 saturated carbocycles. The summed E-state index contributed by atoms with van der Waals surface area (Å²) < 4.78 is 0. The minimum atomic E-state index is 0. The average molecular weight is 315 g/mol. The number of carbonyl (C=O) groups is 1. The Balaban J connectivity index is 0.00000147. The maximum Gasteiger partial charge on any atom is 0.227 e. The zero-order chi connectivity index (χ0) is 13.1. The summed E-state index contributed by atoms with van der Waals surface area (Å²) in [5.41, 5.74) is 1.16. The molecule has 1 aliphatic heterocycles. The lowest BCUT2D eigenvalue weighted by Gasteiger charge is -2.32. The average Bonchev–Trinajstić information content (AvgIpc) is 3.13. The first-order chi connectivity index (χ1) is 9.31. The van der Waals surface area contributed by atoms with Crippen LogP contribution < -0.4 is 5.32 Å². The van der Waals surface area contributed by atoms with Crippen LogP contribution in [0.1, 0.15) is 31.2 Å². The van der Waals surface area contributed by atoms with Crippen molar-refractivity contribution in [1.82, 2.24) is 10.2 Å². The number of piperidine rings is 1. The minimum Gasteiger partial charge on any atom is -0.342 e. The number of nitrogens with zero attached hydrogens (tertiary/aromatic N) is 1. The first kappa shape index (κ1) is 15.8. The lowest BCUT2D eigenvalue weighted by atomic mass is 10.0. The Bertz CT molecular complexity index is 412. The van der Waals surface area contributed by atoms with Gasteiger partial charge in [0.05, 0.1) is 6.42 Å². The van der Waals surface area contributed by atoms with Crippen molar-refractivity contribution in [3.8, 4) is 0 Å². The summed E-state index contributed by atoms with van der Waals surface area (Å²) in [6.45, 7) is 3.03. The Morgan fingerprint density at radius 2 is 2.05 bits per heavy atom. The number of hydrogen-bond acceptors (Lipinski definition) is 3. The number of amides is 1. The van der Waals surface area contributed by atoms with Crippen LogP contribution in [0.3, 0.4) is 0 Å². The number of carbonyl (C=O) groups excluding carboxylic acids is 1. The molecule has 1 amide bonds. The molecular weight excluding hydrogens is 292 g/mol. The molecule has 3 nitrogen and oxygen atoms in total. The maximum absolute atomic E-state index is 12.2. The highest BCUT2D eigenvalue weighted by Gasteiger charge is 2.25. The van der Waals surface area contributed by atoms with Crippen molar-refractivity contribution in [3.05, 3.63) is 22.4 Å². The van der Waals surface area contributed by atoms with Gasteiger partial charge in [-0.25, -0.2) is 0 Å². The Kier molecular flexibility index (Phi) is 5.87. The van der Waals surface area contributed by atoms with Crippen molar-refractivity contribution >= 4 is 29.7 Å². The first-order valence-corrected chi connectivity index (χ1v) is 8.28. The third kappa shape index (κ3) is 4.47. The SMILES string of the molecule is Cl.O=C(Cc1ccsc1)N1CCC(NCC2CC2)CC1. The number of rotatable bonds is 5. The zero-order valence-electron chi connectivity index (χ0n) is 11.7. The van der Waals surface area contributed by atoms with Gasteiger partial charge in [0.2, 0.25) is 5.91 Å².